The van der Waals surface area contributed by atoms with Crippen LogP contribution in [0.3, 0.4) is 0 Å². The summed E-state index contributed by atoms with van der Waals surface area (Å²) in [4.78, 5) is 17.9. The molecule has 1 aliphatic heterocycles. The van der Waals surface area contributed by atoms with Gasteiger partial charge in [-0.15, -0.1) is 0 Å². The topological polar surface area (TPSA) is 56.8 Å². The quantitative estimate of drug-likeness (QED) is 0.917. The summed E-state index contributed by atoms with van der Waals surface area (Å²) < 4.78 is 11.6. The Labute approximate surface area is 142 Å². The van der Waals surface area contributed by atoms with Crippen LogP contribution in [0.15, 0.2) is 18.2 Å². The summed E-state index contributed by atoms with van der Waals surface area (Å²) in [6.45, 7) is 0. The maximum Gasteiger partial charge on any atom is 0.161 e. The molecule has 1 aromatic carbocycles. The second-order valence-corrected chi connectivity index (χ2v) is 7.09. The third-order valence-corrected chi connectivity index (χ3v) is 5.56. The average molecular weight is 331 g/mol. The zero-order chi connectivity index (χ0) is 16.5. The van der Waals surface area contributed by atoms with Gasteiger partial charge in [0.1, 0.15) is 6.10 Å². The Morgan fingerprint density at radius 1 is 1.12 bits per heavy atom. The van der Waals surface area contributed by atoms with Gasteiger partial charge in [0.05, 0.1) is 19.3 Å². The van der Waals surface area contributed by atoms with Crippen molar-refractivity contribution in [2.45, 2.75) is 63.2 Å². The minimum absolute atomic E-state index is 0.101. The molecule has 0 amide bonds. The van der Waals surface area contributed by atoms with E-state index in [1.54, 1.807) is 7.11 Å². The molecule has 3 unspecified atom stereocenters. The van der Waals surface area contributed by atoms with Crippen LogP contribution in [-0.4, -0.2) is 25.0 Å². The highest BCUT2D eigenvalue weighted by Gasteiger charge is 2.44. The number of methoxy groups -OCH3 is 1. The summed E-state index contributed by atoms with van der Waals surface area (Å²) >= 11 is 0. The third kappa shape index (κ3) is 2.91. The monoisotopic (exact) mass is 331 g/mol. The zero-order valence-corrected chi connectivity index (χ0v) is 14.1. The smallest absolute Gasteiger partial charge is 0.161 e. The first-order valence-electron chi connectivity index (χ1n) is 9.05. The van der Waals surface area contributed by atoms with Crippen LogP contribution in [0.25, 0.3) is 0 Å². The number of ketones is 1. The lowest BCUT2D eigenvalue weighted by molar-refractivity contribution is -0.124. The van der Waals surface area contributed by atoms with Crippen molar-refractivity contribution in [3.05, 3.63) is 23.8 Å². The maximum atomic E-state index is 12.1. The van der Waals surface area contributed by atoms with Gasteiger partial charge in [0.2, 0.25) is 0 Å². The van der Waals surface area contributed by atoms with E-state index in [2.05, 4.69) is 5.48 Å². The molecule has 2 saturated carbocycles. The van der Waals surface area contributed by atoms with Crippen molar-refractivity contribution < 1.29 is 19.1 Å². The van der Waals surface area contributed by atoms with Gasteiger partial charge in [-0.3, -0.25) is 9.63 Å². The number of ether oxygens (including phenoxy) is 2. The van der Waals surface area contributed by atoms with Crippen LogP contribution in [0, 0.1) is 5.92 Å². The van der Waals surface area contributed by atoms with Crippen LogP contribution in [0.2, 0.25) is 0 Å². The minimum atomic E-state index is -0.162. The van der Waals surface area contributed by atoms with E-state index in [0.717, 1.165) is 42.7 Å². The Kier molecular flexibility index (Phi) is 4.46. The zero-order valence-electron chi connectivity index (χ0n) is 14.1. The number of rotatable bonds is 4. The molecular weight excluding hydrogens is 306 g/mol. The first kappa shape index (κ1) is 15.9. The van der Waals surface area contributed by atoms with Crippen LogP contribution in [0.4, 0.5) is 0 Å². The highest BCUT2D eigenvalue weighted by molar-refractivity contribution is 5.85. The molecule has 0 bridgehead atoms. The van der Waals surface area contributed by atoms with E-state index in [4.69, 9.17) is 14.3 Å². The Morgan fingerprint density at radius 3 is 2.75 bits per heavy atom. The summed E-state index contributed by atoms with van der Waals surface area (Å²) in [6.07, 6.45) is 7.46. The molecular formula is C19H25NO4. The summed E-state index contributed by atoms with van der Waals surface area (Å²) in [5, 5.41) is 0. The number of hydroxylamine groups is 1. The highest BCUT2D eigenvalue weighted by Crippen LogP contribution is 2.42. The predicted molar refractivity (Wildman–Crippen MR) is 89.0 cm³/mol. The van der Waals surface area contributed by atoms with Crippen molar-refractivity contribution in [1.82, 2.24) is 5.48 Å². The van der Waals surface area contributed by atoms with Gasteiger partial charge in [-0.05, 0) is 56.2 Å². The molecule has 1 N–H and O–H groups in total. The standard InChI is InChI=1S/C19H25NO4/c1-22-16-10-9-12(11-17(16)23-13-5-2-3-6-13)19-14-7-4-8-15(21)18(14)20-24-19/h9-11,13-14,18-20H,2-8H2,1H3. The molecule has 3 aliphatic rings. The summed E-state index contributed by atoms with van der Waals surface area (Å²) in [6, 6.07) is 5.84. The van der Waals surface area contributed by atoms with E-state index in [-0.39, 0.29) is 30.0 Å². The number of Topliss-reactive ketones (excluding diaryl/α,β-unsaturated/α-hetero) is 1. The van der Waals surface area contributed by atoms with Crippen molar-refractivity contribution in [2.75, 3.05) is 7.11 Å². The number of benzene rings is 1. The fourth-order valence-corrected chi connectivity index (χ4v) is 4.25. The largest absolute Gasteiger partial charge is 0.493 e. The maximum absolute atomic E-state index is 12.1. The number of carbonyl (C=O) groups excluding carboxylic acids is 1. The Hall–Kier alpha value is -1.59. The molecule has 2 aliphatic carbocycles. The molecule has 130 valence electrons. The molecule has 1 saturated heterocycles. The molecule has 1 aromatic rings. The SMILES string of the molecule is COc1ccc(C2ONC3C(=O)CCCC32)cc1OC1CCCC1. The van der Waals surface area contributed by atoms with Gasteiger partial charge >= 0.3 is 0 Å². The van der Waals surface area contributed by atoms with Gasteiger partial charge in [-0.1, -0.05) is 6.07 Å². The molecule has 5 heteroatoms. The van der Waals surface area contributed by atoms with E-state index in [9.17, 15) is 4.79 Å². The lowest BCUT2D eigenvalue weighted by Crippen LogP contribution is -2.38. The molecule has 4 rings (SSSR count). The fraction of sp³-hybridized carbons (Fsp3) is 0.632. The van der Waals surface area contributed by atoms with Gasteiger partial charge < -0.3 is 9.47 Å². The normalized spacial score (nSPS) is 30.4. The van der Waals surface area contributed by atoms with Gasteiger partial charge in [0.15, 0.2) is 17.3 Å². The lowest BCUT2D eigenvalue weighted by atomic mass is 9.79. The second kappa shape index (κ2) is 6.73. The van der Waals surface area contributed by atoms with Gasteiger partial charge in [-0.25, -0.2) is 0 Å². The first-order valence-corrected chi connectivity index (χ1v) is 9.05. The van der Waals surface area contributed by atoms with Crippen molar-refractivity contribution in [3.8, 4) is 11.5 Å². The Bertz CT molecular complexity index is 611. The van der Waals surface area contributed by atoms with Crippen LogP contribution in [0.1, 0.15) is 56.6 Å². The third-order valence-electron chi connectivity index (χ3n) is 5.56. The molecule has 0 spiro atoms. The molecule has 0 aromatic heterocycles. The van der Waals surface area contributed by atoms with E-state index >= 15 is 0 Å². The van der Waals surface area contributed by atoms with Crippen molar-refractivity contribution in [1.29, 1.82) is 0 Å². The summed E-state index contributed by atoms with van der Waals surface area (Å²) in [5.41, 5.74) is 4.01. The molecule has 0 radical (unpaired) electrons. The molecule has 24 heavy (non-hydrogen) atoms. The van der Waals surface area contributed by atoms with Gasteiger partial charge in [0, 0.05) is 12.3 Å². The number of hydrogen-bond donors (Lipinski definition) is 1. The molecule has 3 atom stereocenters. The van der Waals surface area contributed by atoms with Crippen LogP contribution < -0.4 is 15.0 Å². The minimum Gasteiger partial charge on any atom is -0.493 e. The van der Waals surface area contributed by atoms with Crippen molar-refractivity contribution >= 4 is 5.78 Å². The summed E-state index contributed by atoms with van der Waals surface area (Å²) in [7, 11) is 1.67. The number of carbonyl (C=O) groups is 1. The molecule has 1 heterocycles. The number of hydrogen-bond acceptors (Lipinski definition) is 5. The van der Waals surface area contributed by atoms with Gasteiger partial charge in [0.25, 0.3) is 0 Å². The average Bonchev–Trinajstić information content (AvgIpc) is 3.25. The molecule has 3 fully saturated rings. The first-order chi connectivity index (χ1) is 11.8. The summed E-state index contributed by atoms with van der Waals surface area (Å²) in [5.74, 6) is 2.02. The van der Waals surface area contributed by atoms with Gasteiger partial charge in [-0.2, -0.15) is 5.48 Å². The van der Waals surface area contributed by atoms with Crippen LogP contribution in [0.5, 0.6) is 11.5 Å². The van der Waals surface area contributed by atoms with Crippen LogP contribution in [-0.2, 0) is 9.63 Å². The number of nitrogens with one attached hydrogen (secondary N) is 1. The van der Waals surface area contributed by atoms with Crippen LogP contribution >= 0.6 is 0 Å². The van der Waals surface area contributed by atoms with E-state index < -0.39 is 0 Å². The Balaban J connectivity index is 1.57. The van der Waals surface area contributed by atoms with Crippen molar-refractivity contribution in [3.63, 3.8) is 0 Å². The highest BCUT2D eigenvalue weighted by atomic mass is 16.7. The molecule has 5 nitrogen and oxygen atoms in total. The lowest BCUT2D eigenvalue weighted by Gasteiger charge is -2.25. The Morgan fingerprint density at radius 2 is 1.96 bits per heavy atom. The predicted octanol–water partition coefficient (Wildman–Crippen LogP) is 3.33. The second-order valence-electron chi connectivity index (χ2n) is 7.09. The van der Waals surface area contributed by atoms with Crippen molar-refractivity contribution in [2.24, 2.45) is 5.92 Å². The van der Waals surface area contributed by atoms with E-state index in [0.29, 0.717) is 6.42 Å². The number of fused-ring (bicyclic) bond motifs is 1. The fourth-order valence-electron chi connectivity index (χ4n) is 4.25. The van der Waals surface area contributed by atoms with E-state index in [1.165, 1.54) is 12.8 Å². The van der Waals surface area contributed by atoms with E-state index in [1.807, 2.05) is 18.2 Å².